The summed E-state index contributed by atoms with van der Waals surface area (Å²) in [5, 5.41) is 2.72. The number of hydrogen-bond acceptors (Lipinski definition) is 5. The predicted octanol–water partition coefficient (Wildman–Crippen LogP) is 2.18. The highest BCUT2D eigenvalue weighted by atomic mass is 19.1. The Hall–Kier alpha value is -3.00. The average molecular weight is 368 g/mol. The monoisotopic (exact) mass is 368 g/mol. The molecule has 8 heteroatoms. The summed E-state index contributed by atoms with van der Waals surface area (Å²) in [5.41, 5.74) is 1.74. The summed E-state index contributed by atoms with van der Waals surface area (Å²) in [6.07, 6.45) is 4.90. The van der Waals surface area contributed by atoms with Crippen molar-refractivity contribution in [1.29, 1.82) is 0 Å². The lowest BCUT2D eigenvalue weighted by Gasteiger charge is -2.33. The molecular weight excluding hydrogens is 347 g/mol. The van der Waals surface area contributed by atoms with Gasteiger partial charge in [0.1, 0.15) is 5.82 Å². The maximum absolute atomic E-state index is 14.1. The van der Waals surface area contributed by atoms with Crippen molar-refractivity contribution in [3.05, 3.63) is 53.9 Å². The van der Waals surface area contributed by atoms with Gasteiger partial charge in [-0.1, -0.05) is 0 Å². The van der Waals surface area contributed by atoms with Gasteiger partial charge in [-0.3, -0.25) is 4.79 Å². The largest absolute Gasteiger partial charge is 0.354 e. The first-order chi connectivity index (χ1) is 13.0. The second kappa shape index (κ2) is 6.96. The number of nitrogens with zero attached hydrogens (tertiary/aromatic N) is 5. The van der Waals surface area contributed by atoms with E-state index < -0.39 is 5.82 Å². The van der Waals surface area contributed by atoms with Gasteiger partial charge in [0.2, 0.25) is 0 Å². The third kappa shape index (κ3) is 3.61. The molecule has 3 aromatic rings. The van der Waals surface area contributed by atoms with Gasteiger partial charge in [0.15, 0.2) is 11.5 Å². The van der Waals surface area contributed by atoms with Gasteiger partial charge in [-0.15, -0.1) is 0 Å². The number of pyridine rings is 2. The summed E-state index contributed by atoms with van der Waals surface area (Å²) in [7, 11) is 2.10. The summed E-state index contributed by atoms with van der Waals surface area (Å²) >= 11 is 0. The van der Waals surface area contributed by atoms with E-state index in [9.17, 15) is 9.18 Å². The first kappa shape index (κ1) is 17.4. The van der Waals surface area contributed by atoms with E-state index in [4.69, 9.17) is 0 Å². The lowest BCUT2D eigenvalue weighted by Crippen LogP contribution is -2.44. The molecule has 1 amide bonds. The Balaban J connectivity index is 1.48. The molecule has 1 fully saturated rings. The van der Waals surface area contributed by atoms with Crippen molar-refractivity contribution in [2.45, 2.75) is 6.92 Å². The van der Waals surface area contributed by atoms with Crippen LogP contribution in [0.2, 0.25) is 0 Å². The van der Waals surface area contributed by atoms with Crippen LogP contribution in [0.5, 0.6) is 0 Å². The quantitative estimate of drug-likeness (QED) is 0.768. The molecule has 4 rings (SSSR count). The Morgan fingerprint density at radius 1 is 1.19 bits per heavy atom. The van der Waals surface area contributed by atoms with Crippen LogP contribution in [0.25, 0.3) is 5.65 Å². The molecule has 4 heterocycles. The van der Waals surface area contributed by atoms with Crippen molar-refractivity contribution in [2.24, 2.45) is 0 Å². The Kier molecular flexibility index (Phi) is 4.49. The number of carbonyl (C=O) groups excluding carboxylic acids is 1. The summed E-state index contributed by atoms with van der Waals surface area (Å²) in [6, 6.07) is 4.86. The van der Waals surface area contributed by atoms with Gasteiger partial charge in [-0.2, -0.15) is 0 Å². The normalized spacial score (nSPS) is 15.3. The van der Waals surface area contributed by atoms with Crippen LogP contribution in [0.3, 0.4) is 0 Å². The molecule has 0 aromatic carbocycles. The van der Waals surface area contributed by atoms with Crippen molar-refractivity contribution < 1.29 is 9.18 Å². The van der Waals surface area contributed by atoms with Crippen LogP contribution in [-0.4, -0.2) is 58.4 Å². The first-order valence-electron chi connectivity index (χ1n) is 8.85. The molecule has 3 aromatic heterocycles. The minimum atomic E-state index is -0.482. The number of hydrogen-bond donors (Lipinski definition) is 1. The zero-order valence-corrected chi connectivity index (χ0v) is 15.3. The van der Waals surface area contributed by atoms with Gasteiger partial charge in [0, 0.05) is 50.8 Å². The van der Waals surface area contributed by atoms with Crippen molar-refractivity contribution in [2.75, 3.05) is 43.4 Å². The predicted molar refractivity (Wildman–Crippen MR) is 102 cm³/mol. The van der Waals surface area contributed by atoms with Gasteiger partial charge >= 0.3 is 0 Å². The standard InChI is InChI=1S/C19H21FN6O/c1-13-11-26-12-15(9-16(20)18(26)22-13)23-19(27)14-3-4-17(21-10-14)25-7-5-24(2)6-8-25/h3-4,9-12H,5-8H2,1-2H3,(H,23,27). The van der Waals surface area contributed by atoms with E-state index in [1.54, 1.807) is 36.0 Å². The number of fused-ring (bicyclic) bond motifs is 1. The Morgan fingerprint density at radius 3 is 2.67 bits per heavy atom. The highest BCUT2D eigenvalue weighted by molar-refractivity contribution is 6.04. The summed E-state index contributed by atoms with van der Waals surface area (Å²) in [5.74, 6) is 0.0495. The van der Waals surface area contributed by atoms with E-state index >= 15 is 0 Å². The number of aromatic nitrogens is 3. The SMILES string of the molecule is Cc1cn2cc(NC(=O)c3ccc(N4CCN(C)CC4)nc3)cc(F)c2n1. The number of nitrogens with one attached hydrogen (secondary N) is 1. The first-order valence-corrected chi connectivity index (χ1v) is 8.85. The van der Waals surface area contributed by atoms with Crippen LogP contribution >= 0.6 is 0 Å². The third-order valence-corrected chi connectivity index (χ3v) is 4.72. The second-order valence-electron chi connectivity index (χ2n) is 6.84. The molecule has 1 aliphatic heterocycles. The molecule has 1 N–H and O–H groups in total. The van der Waals surface area contributed by atoms with Crippen molar-refractivity contribution in [3.63, 3.8) is 0 Å². The van der Waals surface area contributed by atoms with Gasteiger partial charge < -0.3 is 19.5 Å². The molecule has 1 aliphatic rings. The van der Waals surface area contributed by atoms with Crippen LogP contribution in [0.1, 0.15) is 16.1 Å². The maximum Gasteiger partial charge on any atom is 0.257 e. The van der Waals surface area contributed by atoms with Crippen molar-refractivity contribution in [1.82, 2.24) is 19.3 Å². The maximum atomic E-state index is 14.1. The smallest absolute Gasteiger partial charge is 0.257 e. The summed E-state index contributed by atoms with van der Waals surface area (Å²) < 4.78 is 15.7. The van der Waals surface area contributed by atoms with Crippen LogP contribution in [-0.2, 0) is 0 Å². The molecule has 0 atom stereocenters. The minimum Gasteiger partial charge on any atom is -0.354 e. The van der Waals surface area contributed by atoms with E-state index in [0.717, 1.165) is 32.0 Å². The van der Waals surface area contributed by atoms with E-state index in [1.807, 2.05) is 6.07 Å². The molecule has 0 spiro atoms. The van der Waals surface area contributed by atoms with E-state index in [-0.39, 0.29) is 11.6 Å². The summed E-state index contributed by atoms with van der Waals surface area (Å²) in [6.45, 7) is 5.60. The molecule has 0 unspecified atom stereocenters. The van der Waals surface area contributed by atoms with Crippen LogP contribution < -0.4 is 10.2 Å². The number of anilines is 2. The minimum absolute atomic E-state index is 0.240. The highest BCUT2D eigenvalue weighted by Crippen LogP contribution is 2.18. The number of imidazole rings is 1. The molecule has 0 aliphatic carbocycles. The van der Waals surface area contributed by atoms with Gasteiger partial charge in [-0.25, -0.2) is 14.4 Å². The van der Waals surface area contributed by atoms with Crippen LogP contribution in [0.15, 0.2) is 36.8 Å². The Morgan fingerprint density at radius 2 is 1.96 bits per heavy atom. The molecule has 27 heavy (non-hydrogen) atoms. The van der Waals surface area contributed by atoms with E-state index in [1.165, 1.54) is 6.07 Å². The van der Waals surface area contributed by atoms with Crippen molar-refractivity contribution in [3.8, 4) is 0 Å². The number of carbonyl (C=O) groups is 1. The number of amides is 1. The second-order valence-corrected chi connectivity index (χ2v) is 6.84. The lowest BCUT2D eigenvalue weighted by atomic mass is 10.2. The Bertz CT molecular complexity index is 976. The molecule has 7 nitrogen and oxygen atoms in total. The lowest BCUT2D eigenvalue weighted by molar-refractivity contribution is 0.102. The van der Waals surface area contributed by atoms with Crippen LogP contribution in [0.4, 0.5) is 15.9 Å². The van der Waals surface area contributed by atoms with Crippen LogP contribution in [0, 0.1) is 12.7 Å². The fourth-order valence-electron chi connectivity index (χ4n) is 3.19. The molecule has 1 saturated heterocycles. The number of likely N-dealkylation sites (N-methyl/N-ethyl adjacent to an activating group) is 1. The number of rotatable bonds is 3. The topological polar surface area (TPSA) is 65.8 Å². The number of piperazine rings is 1. The zero-order valence-electron chi connectivity index (χ0n) is 15.3. The summed E-state index contributed by atoms with van der Waals surface area (Å²) in [4.78, 5) is 25.5. The molecule has 0 radical (unpaired) electrons. The third-order valence-electron chi connectivity index (χ3n) is 4.72. The molecule has 140 valence electrons. The van der Waals surface area contributed by atoms with E-state index in [2.05, 4.69) is 32.1 Å². The number of aryl methyl sites for hydroxylation is 1. The number of halogens is 1. The van der Waals surface area contributed by atoms with Crippen molar-refractivity contribution >= 4 is 23.1 Å². The fraction of sp³-hybridized carbons (Fsp3) is 0.316. The average Bonchev–Trinajstić information content (AvgIpc) is 3.03. The van der Waals surface area contributed by atoms with Gasteiger partial charge in [0.05, 0.1) is 16.9 Å². The Labute approximate surface area is 156 Å². The molecule has 0 saturated carbocycles. The zero-order chi connectivity index (χ0) is 19.0. The fourth-order valence-corrected chi connectivity index (χ4v) is 3.19. The highest BCUT2D eigenvalue weighted by Gasteiger charge is 2.16. The van der Waals surface area contributed by atoms with E-state index in [0.29, 0.717) is 16.9 Å². The van der Waals surface area contributed by atoms with Gasteiger partial charge in [-0.05, 0) is 26.1 Å². The molecule has 0 bridgehead atoms. The van der Waals surface area contributed by atoms with Gasteiger partial charge in [0.25, 0.3) is 5.91 Å². The molecular formula is C19H21FN6O.